The second kappa shape index (κ2) is 4.25. The van der Waals surface area contributed by atoms with Crippen molar-refractivity contribution in [2.75, 3.05) is 0 Å². The third kappa shape index (κ3) is 2.52. The van der Waals surface area contributed by atoms with Crippen LogP contribution in [0.3, 0.4) is 0 Å². The van der Waals surface area contributed by atoms with Crippen LogP contribution in [-0.4, -0.2) is 34.5 Å². The summed E-state index contributed by atoms with van der Waals surface area (Å²) in [6.45, 7) is 9.33. The minimum atomic E-state index is -0.504. The van der Waals surface area contributed by atoms with E-state index in [1.54, 1.807) is 4.90 Å². The van der Waals surface area contributed by atoms with E-state index in [1.807, 2.05) is 34.6 Å². The zero-order valence-electron chi connectivity index (χ0n) is 11.9. The fraction of sp³-hybridized carbons (Fsp3) is 0.857. The summed E-state index contributed by atoms with van der Waals surface area (Å²) < 4.78 is 5.41. The van der Waals surface area contributed by atoms with Crippen LogP contribution in [0.4, 0.5) is 4.79 Å². The lowest BCUT2D eigenvalue weighted by Gasteiger charge is -2.30. The number of carbonyl (C=O) groups excluding carboxylic acids is 2. The molecule has 1 saturated carbocycles. The third-order valence-corrected chi connectivity index (χ3v) is 3.61. The van der Waals surface area contributed by atoms with E-state index in [2.05, 4.69) is 0 Å². The summed E-state index contributed by atoms with van der Waals surface area (Å²) in [5.41, 5.74) is -0.504. The maximum absolute atomic E-state index is 12.2. The molecule has 4 heteroatoms. The van der Waals surface area contributed by atoms with Crippen molar-refractivity contribution in [2.45, 2.75) is 65.1 Å². The van der Waals surface area contributed by atoms with E-state index in [0.29, 0.717) is 5.92 Å². The summed E-state index contributed by atoms with van der Waals surface area (Å²) in [6.07, 6.45) is 1.52. The molecular formula is C14H23NO3. The maximum atomic E-state index is 12.2. The van der Waals surface area contributed by atoms with Gasteiger partial charge in [-0.1, -0.05) is 13.8 Å². The summed E-state index contributed by atoms with van der Waals surface area (Å²) >= 11 is 0. The standard InChI is InChI=1S/C14H23NO3/c1-8(2)12(16)11-7-9-6-10(9)15(11)13(17)18-14(3,4)5/h8-11H,6-7H2,1-5H3/t9-,10?,11?/m1/s1. The molecule has 0 N–H and O–H groups in total. The Morgan fingerprint density at radius 2 is 1.83 bits per heavy atom. The van der Waals surface area contributed by atoms with Crippen molar-refractivity contribution >= 4 is 11.9 Å². The summed E-state index contributed by atoms with van der Waals surface area (Å²) in [4.78, 5) is 26.0. The van der Waals surface area contributed by atoms with Gasteiger partial charge in [0, 0.05) is 12.0 Å². The first kappa shape index (κ1) is 13.4. The number of likely N-dealkylation sites (tertiary alicyclic amines) is 1. The zero-order chi connectivity index (χ0) is 13.7. The van der Waals surface area contributed by atoms with E-state index < -0.39 is 5.60 Å². The number of Topliss-reactive ketones (excluding diaryl/α,β-unsaturated/α-hetero) is 1. The van der Waals surface area contributed by atoms with Crippen molar-refractivity contribution in [2.24, 2.45) is 11.8 Å². The number of ketones is 1. The Morgan fingerprint density at radius 3 is 2.33 bits per heavy atom. The fourth-order valence-electron chi connectivity index (χ4n) is 2.67. The number of piperidine rings is 1. The lowest BCUT2D eigenvalue weighted by molar-refractivity contribution is -0.126. The Bertz CT molecular complexity index is 370. The third-order valence-electron chi connectivity index (χ3n) is 3.61. The Balaban J connectivity index is 2.09. The molecule has 102 valence electrons. The molecule has 1 aliphatic heterocycles. The largest absolute Gasteiger partial charge is 0.444 e. The molecule has 2 fully saturated rings. The minimum Gasteiger partial charge on any atom is -0.444 e. The molecule has 0 aromatic carbocycles. The normalized spacial score (nSPS) is 30.3. The molecule has 0 radical (unpaired) electrons. The summed E-state index contributed by atoms with van der Waals surface area (Å²) in [5, 5.41) is 0. The number of hydrogen-bond acceptors (Lipinski definition) is 3. The fourth-order valence-corrected chi connectivity index (χ4v) is 2.67. The van der Waals surface area contributed by atoms with Gasteiger partial charge in [0.05, 0.1) is 6.04 Å². The molecule has 3 atom stereocenters. The highest BCUT2D eigenvalue weighted by Crippen LogP contribution is 2.48. The first-order valence-electron chi connectivity index (χ1n) is 6.75. The lowest BCUT2D eigenvalue weighted by atomic mass is 9.98. The molecule has 0 aromatic rings. The van der Waals surface area contributed by atoms with Gasteiger partial charge in [-0.05, 0) is 39.5 Å². The Labute approximate surface area is 109 Å². The SMILES string of the molecule is CC(C)C(=O)C1C[C@H]2CC2N1C(=O)OC(C)(C)C. The molecule has 4 nitrogen and oxygen atoms in total. The first-order chi connectivity index (χ1) is 8.20. The van der Waals surface area contributed by atoms with Crippen molar-refractivity contribution in [1.82, 2.24) is 4.90 Å². The van der Waals surface area contributed by atoms with Crippen LogP contribution in [0.15, 0.2) is 0 Å². The predicted octanol–water partition coefficient (Wildman–Crippen LogP) is 2.61. The highest BCUT2D eigenvalue weighted by Gasteiger charge is 2.57. The number of rotatable bonds is 2. The molecule has 2 unspecified atom stereocenters. The number of fused-ring (bicyclic) bond motifs is 1. The van der Waals surface area contributed by atoms with E-state index in [9.17, 15) is 9.59 Å². The molecule has 18 heavy (non-hydrogen) atoms. The quantitative estimate of drug-likeness (QED) is 0.760. The summed E-state index contributed by atoms with van der Waals surface area (Å²) in [6, 6.07) is -0.0175. The monoisotopic (exact) mass is 253 g/mol. The average Bonchev–Trinajstić information content (AvgIpc) is 2.85. The average molecular weight is 253 g/mol. The van der Waals surface area contributed by atoms with Gasteiger partial charge in [-0.15, -0.1) is 0 Å². The van der Waals surface area contributed by atoms with Gasteiger partial charge in [-0.3, -0.25) is 9.69 Å². The number of hydrogen-bond donors (Lipinski definition) is 0. The summed E-state index contributed by atoms with van der Waals surface area (Å²) in [5.74, 6) is 0.649. The van der Waals surface area contributed by atoms with Crippen LogP contribution >= 0.6 is 0 Å². The van der Waals surface area contributed by atoms with Crippen molar-refractivity contribution < 1.29 is 14.3 Å². The van der Waals surface area contributed by atoms with Gasteiger partial charge in [0.15, 0.2) is 5.78 Å². The van der Waals surface area contributed by atoms with Crippen LogP contribution in [0.25, 0.3) is 0 Å². The van der Waals surface area contributed by atoms with Gasteiger partial charge in [0.2, 0.25) is 0 Å². The van der Waals surface area contributed by atoms with Crippen molar-refractivity contribution in [3.8, 4) is 0 Å². The van der Waals surface area contributed by atoms with Gasteiger partial charge < -0.3 is 4.74 Å². The number of nitrogens with zero attached hydrogens (tertiary/aromatic N) is 1. The zero-order valence-corrected chi connectivity index (χ0v) is 11.9. The smallest absolute Gasteiger partial charge is 0.411 e. The van der Waals surface area contributed by atoms with Gasteiger partial charge in [0.1, 0.15) is 5.60 Å². The molecule has 0 spiro atoms. The molecule has 1 aliphatic carbocycles. The van der Waals surface area contributed by atoms with Gasteiger partial charge in [-0.25, -0.2) is 4.79 Å². The van der Waals surface area contributed by atoms with E-state index in [-0.39, 0.29) is 29.9 Å². The van der Waals surface area contributed by atoms with Crippen molar-refractivity contribution in [1.29, 1.82) is 0 Å². The lowest BCUT2D eigenvalue weighted by Crippen LogP contribution is -2.46. The van der Waals surface area contributed by atoms with Gasteiger partial charge in [0.25, 0.3) is 0 Å². The predicted molar refractivity (Wildman–Crippen MR) is 68.2 cm³/mol. The minimum absolute atomic E-state index is 0.0302. The van der Waals surface area contributed by atoms with Crippen molar-refractivity contribution in [3.05, 3.63) is 0 Å². The number of carbonyl (C=O) groups is 2. The van der Waals surface area contributed by atoms with Crippen LogP contribution in [0.2, 0.25) is 0 Å². The van der Waals surface area contributed by atoms with E-state index in [1.165, 1.54) is 0 Å². The van der Waals surface area contributed by atoms with Gasteiger partial charge >= 0.3 is 6.09 Å². The van der Waals surface area contributed by atoms with Gasteiger partial charge in [-0.2, -0.15) is 0 Å². The molecule has 2 rings (SSSR count). The number of ether oxygens (including phenoxy) is 1. The van der Waals surface area contributed by atoms with Crippen LogP contribution in [0.1, 0.15) is 47.5 Å². The van der Waals surface area contributed by atoms with Crippen LogP contribution in [-0.2, 0) is 9.53 Å². The Kier molecular flexibility index (Phi) is 3.16. The van der Waals surface area contributed by atoms with Crippen LogP contribution < -0.4 is 0 Å². The van der Waals surface area contributed by atoms with E-state index in [0.717, 1.165) is 12.8 Å². The molecule has 0 bridgehead atoms. The molecule has 1 heterocycles. The second-order valence-electron chi connectivity index (χ2n) is 6.76. The highest BCUT2D eigenvalue weighted by atomic mass is 16.6. The Morgan fingerprint density at radius 1 is 1.22 bits per heavy atom. The topological polar surface area (TPSA) is 46.6 Å². The van der Waals surface area contributed by atoms with E-state index in [4.69, 9.17) is 4.74 Å². The molecule has 1 amide bonds. The maximum Gasteiger partial charge on any atom is 0.411 e. The van der Waals surface area contributed by atoms with Crippen molar-refractivity contribution in [3.63, 3.8) is 0 Å². The molecule has 0 aromatic heterocycles. The second-order valence-corrected chi connectivity index (χ2v) is 6.76. The molecule has 1 saturated heterocycles. The summed E-state index contributed by atoms with van der Waals surface area (Å²) in [7, 11) is 0. The van der Waals surface area contributed by atoms with Crippen LogP contribution in [0, 0.1) is 11.8 Å². The van der Waals surface area contributed by atoms with Crippen LogP contribution in [0.5, 0.6) is 0 Å². The first-order valence-corrected chi connectivity index (χ1v) is 6.75. The molecular weight excluding hydrogens is 230 g/mol. The Hall–Kier alpha value is -1.06. The number of amides is 1. The van der Waals surface area contributed by atoms with E-state index >= 15 is 0 Å². The highest BCUT2D eigenvalue weighted by molar-refractivity contribution is 5.90. The molecule has 2 aliphatic rings.